The zero-order valence-electron chi connectivity index (χ0n) is 11.6. The molecule has 0 saturated heterocycles. The van der Waals surface area contributed by atoms with Crippen LogP contribution in [0.5, 0.6) is 0 Å². The van der Waals surface area contributed by atoms with Gasteiger partial charge in [0, 0.05) is 13.1 Å². The first-order valence-corrected chi connectivity index (χ1v) is 7.15. The summed E-state index contributed by atoms with van der Waals surface area (Å²) in [5.41, 5.74) is 3.66. The van der Waals surface area contributed by atoms with Crippen molar-refractivity contribution in [2.24, 2.45) is 17.8 Å². The number of nitrogens with zero attached hydrogens (tertiary/aromatic N) is 2. The lowest BCUT2D eigenvalue weighted by atomic mass is 9.93. The van der Waals surface area contributed by atoms with Gasteiger partial charge in [0.15, 0.2) is 0 Å². The van der Waals surface area contributed by atoms with Gasteiger partial charge in [-0.2, -0.15) is 5.10 Å². The minimum Gasteiger partial charge on any atom is -0.382 e. The Kier molecular flexibility index (Phi) is 2.92. The highest BCUT2D eigenvalue weighted by Crippen LogP contribution is 2.43. The summed E-state index contributed by atoms with van der Waals surface area (Å²) in [6.07, 6.45) is 7.59. The molecule has 1 aromatic rings. The second kappa shape index (κ2) is 4.45. The minimum atomic E-state index is 0.823. The molecule has 2 aliphatic rings. The number of rotatable bonds is 4. The fourth-order valence-corrected chi connectivity index (χ4v) is 3.62. The van der Waals surface area contributed by atoms with Crippen LogP contribution in [0.4, 0.5) is 5.69 Å². The third-order valence-corrected chi connectivity index (χ3v) is 4.64. The van der Waals surface area contributed by atoms with Crippen LogP contribution in [0, 0.1) is 31.6 Å². The van der Waals surface area contributed by atoms with Crippen LogP contribution in [0.15, 0.2) is 12.2 Å². The fourth-order valence-electron chi connectivity index (χ4n) is 3.62. The summed E-state index contributed by atoms with van der Waals surface area (Å²) in [4.78, 5) is 0. The lowest BCUT2D eigenvalue weighted by Crippen LogP contribution is -2.18. The third-order valence-electron chi connectivity index (χ3n) is 4.64. The highest BCUT2D eigenvalue weighted by atomic mass is 15.3. The van der Waals surface area contributed by atoms with Gasteiger partial charge in [-0.15, -0.1) is 0 Å². The van der Waals surface area contributed by atoms with E-state index >= 15 is 0 Å². The molecular weight excluding hydrogens is 222 g/mol. The molecule has 2 bridgehead atoms. The Morgan fingerprint density at radius 1 is 1.33 bits per heavy atom. The largest absolute Gasteiger partial charge is 0.382 e. The summed E-state index contributed by atoms with van der Waals surface area (Å²) in [6.45, 7) is 8.45. The zero-order valence-corrected chi connectivity index (χ0v) is 11.6. The summed E-state index contributed by atoms with van der Waals surface area (Å²) in [5, 5.41) is 8.21. The molecule has 0 aromatic carbocycles. The summed E-state index contributed by atoms with van der Waals surface area (Å²) in [6, 6.07) is 0. The highest BCUT2D eigenvalue weighted by Gasteiger charge is 2.35. The fraction of sp³-hybridized carbons (Fsp3) is 0.667. The number of fused-ring (bicyclic) bond motifs is 2. The van der Waals surface area contributed by atoms with Gasteiger partial charge in [-0.1, -0.05) is 12.2 Å². The first-order valence-electron chi connectivity index (χ1n) is 7.15. The van der Waals surface area contributed by atoms with Crippen molar-refractivity contribution in [3.8, 4) is 0 Å². The van der Waals surface area contributed by atoms with Crippen molar-refractivity contribution in [2.45, 2.75) is 40.2 Å². The molecule has 3 heteroatoms. The first kappa shape index (κ1) is 11.8. The molecule has 1 saturated carbocycles. The molecule has 18 heavy (non-hydrogen) atoms. The molecule has 3 atom stereocenters. The van der Waals surface area contributed by atoms with E-state index in [2.05, 4.69) is 48.0 Å². The Balaban J connectivity index is 1.67. The Bertz CT molecular complexity index is 472. The van der Waals surface area contributed by atoms with Crippen LogP contribution in [0.25, 0.3) is 0 Å². The van der Waals surface area contributed by atoms with E-state index in [4.69, 9.17) is 0 Å². The molecule has 98 valence electrons. The van der Waals surface area contributed by atoms with Crippen LogP contribution in [0.3, 0.4) is 0 Å². The van der Waals surface area contributed by atoms with Crippen molar-refractivity contribution in [3.63, 3.8) is 0 Å². The van der Waals surface area contributed by atoms with Crippen LogP contribution < -0.4 is 5.32 Å². The quantitative estimate of drug-likeness (QED) is 0.826. The molecule has 1 aromatic heterocycles. The maximum absolute atomic E-state index is 4.56. The van der Waals surface area contributed by atoms with Crippen LogP contribution in [0.2, 0.25) is 0 Å². The van der Waals surface area contributed by atoms with Crippen LogP contribution in [-0.2, 0) is 6.54 Å². The van der Waals surface area contributed by atoms with Crippen molar-refractivity contribution in [3.05, 3.63) is 23.5 Å². The van der Waals surface area contributed by atoms with Gasteiger partial charge in [0.25, 0.3) is 0 Å². The van der Waals surface area contributed by atoms with E-state index in [0.717, 1.165) is 36.5 Å². The molecule has 1 fully saturated rings. The van der Waals surface area contributed by atoms with E-state index in [-0.39, 0.29) is 0 Å². The molecule has 0 aliphatic heterocycles. The van der Waals surface area contributed by atoms with Gasteiger partial charge in [-0.25, -0.2) is 0 Å². The van der Waals surface area contributed by atoms with Gasteiger partial charge in [-0.05, 0) is 51.4 Å². The standard InChI is InChI=1S/C15H23N3/c1-4-18-11(3)15(10(2)17-18)16-9-14-8-12-5-6-13(14)7-12/h5-6,12-14,16H,4,7-9H2,1-3H3/t12-,13-,14+/m0/s1. The Labute approximate surface area is 109 Å². The molecule has 0 amide bonds. The molecular formula is C15H23N3. The van der Waals surface area contributed by atoms with E-state index in [1.54, 1.807) is 0 Å². The van der Waals surface area contributed by atoms with E-state index in [1.807, 2.05) is 0 Å². The summed E-state index contributed by atoms with van der Waals surface area (Å²) >= 11 is 0. The smallest absolute Gasteiger partial charge is 0.0827 e. The van der Waals surface area contributed by atoms with Gasteiger partial charge in [-0.3, -0.25) is 4.68 Å². The predicted molar refractivity (Wildman–Crippen MR) is 74.7 cm³/mol. The molecule has 0 spiro atoms. The monoisotopic (exact) mass is 245 g/mol. The van der Waals surface area contributed by atoms with Gasteiger partial charge >= 0.3 is 0 Å². The van der Waals surface area contributed by atoms with Crippen molar-refractivity contribution in [1.82, 2.24) is 9.78 Å². The number of aromatic nitrogens is 2. The minimum absolute atomic E-state index is 0.823. The summed E-state index contributed by atoms with van der Waals surface area (Å²) in [7, 11) is 0. The Morgan fingerprint density at radius 3 is 2.72 bits per heavy atom. The highest BCUT2D eigenvalue weighted by molar-refractivity contribution is 5.52. The van der Waals surface area contributed by atoms with Gasteiger partial charge in [0.05, 0.1) is 17.1 Å². The van der Waals surface area contributed by atoms with Gasteiger partial charge in [0.1, 0.15) is 0 Å². The van der Waals surface area contributed by atoms with Crippen molar-refractivity contribution in [2.75, 3.05) is 11.9 Å². The van der Waals surface area contributed by atoms with E-state index in [1.165, 1.54) is 24.2 Å². The topological polar surface area (TPSA) is 29.9 Å². The van der Waals surface area contributed by atoms with Crippen molar-refractivity contribution in [1.29, 1.82) is 0 Å². The van der Waals surface area contributed by atoms with Crippen LogP contribution in [-0.4, -0.2) is 16.3 Å². The summed E-state index contributed by atoms with van der Waals surface area (Å²) < 4.78 is 2.08. The van der Waals surface area contributed by atoms with E-state index < -0.39 is 0 Å². The summed E-state index contributed by atoms with van der Waals surface area (Å²) in [5.74, 6) is 2.51. The maximum atomic E-state index is 4.56. The average Bonchev–Trinajstić information content (AvgIpc) is 3.03. The normalized spacial score (nSPS) is 29.2. The van der Waals surface area contributed by atoms with Crippen molar-refractivity contribution < 1.29 is 0 Å². The Hall–Kier alpha value is -1.25. The molecule has 2 aliphatic carbocycles. The second-order valence-corrected chi connectivity index (χ2v) is 5.78. The van der Waals surface area contributed by atoms with E-state index in [9.17, 15) is 0 Å². The number of hydrogen-bond acceptors (Lipinski definition) is 2. The lowest BCUT2D eigenvalue weighted by Gasteiger charge is -2.19. The predicted octanol–water partition coefficient (Wildman–Crippen LogP) is 3.14. The molecule has 3 nitrogen and oxygen atoms in total. The van der Waals surface area contributed by atoms with Gasteiger partial charge < -0.3 is 5.32 Å². The third kappa shape index (κ3) is 1.86. The number of nitrogens with one attached hydrogen (secondary N) is 1. The molecule has 3 rings (SSSR count). The van der Waals surface area contributed by atoms with Gasteiger partial charge in [0.2, 0.25) is 0 Å². The van der Waals surface area contributed by atoms with Crippen LogP contribution >= 0.6 is 0 Å². The lowest BCUT2D eigenvalue weighted by molar-refractivity contribution is 0.471. The molecule has 0 radical (unpaired) electrons. The molecule has 1 N–H and O–H groups in total. The Morgan fingerprint density at radius 2 is 2.17 bits per heavy atom. The first-order chi connectivity index (χ1) is 8.69. The zero-order chi connectivity index (χ0) is 12.7. The molecule has 0 unspecified atom stereocenters. The number of aryl methyl sites for hydroxylation is 2. The van der Waals surface area contributed by atoms with E-state index in [0.29, 0.717) is 0 Å². The van der Waals surface area contributed by atoms with Crippen molar-refractivity contribution >= 4 is 5.69 Å². The second-order valence-electron chi connectivity index (χ2n) is 5.78. The number of hydrogen-bond donors (Lipinski definition) is 1. The molecule has 1 heterocycles. The van der Waals surface area contributed by atoms with Crippen LogP contribution in [0.1, 0.15) is 31.2 Å². The SMILES string of the molecule is CCn1nc(C)c(NC[C@H]2C[C@H]3C=C[C@H]2C3)c1C. The number of allylic oxidation sites excluding steroid dienone is 2. The average molecular weight is 245 g/mol. The maximum Gasteiger partial charge on any atom is 0.0827 e. The number of anilines is 1.